The third-order valence-corrected chi connectivity index (χ3v) is 3.98. The summed E-state index contributed by atoms with van der Waals surface area (Å²) in [6, 6.07) is 0. The predicted octanol–water partition coefficient (Wildman–Crippen LogP) is 2.72. The normalized spacial score (nSPS) is 35.4. The van der Waals surface area contributed by atoms with E-state index in [-0.39, 0.29) is 24.2 Å². The molecule has 2 fully saturated rings. The molecule has 0 aromatic carbocycles. The van der Waals surface area contributed by atoms with Crippen molar-refractivity contribution in [1.29, 1.82) is 0 Å². The molecule has 3 nitrogen and oxygen atoms in total. The van der Waals surface area contributed by atoms with Crippen LogP contribution in [0.5, 0.6) is 0 Å². The van der Waals surface area contributed by atoms with E-state index in [1.807, 2.05) is 0 Å². The number of aldehydes is 1. The van der Waals surface area contributed by atoms with Crippen molar-refractivity contribution in [2.45, 2.75) is 70.2 Å². The maximum Gasteiger partial charge on any atom is 0.128 e. The van der Waals surface area contributed by atoms with Gasteiger partial charge in [0.1, 0.15) is 6.29 Å². The molecule has 0 radical (unpaired) electrons. The lowest BCUT2D eigenvalue weighted by molar-refractivity contribution is -0.116. The number of carbonyl (C=O) groups excluding carboxylic acids is 1. The molecule has 2 bridgehead atoms. The highest BCUT2D eigenvalue weighted by Gasteiger charge is 2.49. The van der Waals surface area contributed by atoms with Crippen LogP contribution in [0.15, 0.2) is 0 Å². The summed E-state index contributed by atoms with van der Waals surface area (Å²) in [5.41, 5.74) is 0. The van der Waals surface area contributed by atoms with Gasteiger partial charge in [0.2, 0.25) is 0 Å². The first kappa shape index (κ1) is 13.0. The summed E-state index contributed by atoms with van der Waals surface area (Å²) in [5.74, 6) is -0.00982. The molecule has 0 saturated carbocycles. The monoisotopic (exact) mass is 240 g/mol. The Morgan fingerprint density at radius 3 is 2.71 bits per heavy atom. The topological polar surface area (TPSA) is 35.5 Å². The summed E-state index contributed by atoms with van der Waals surface area (Å²) in [4.78, 5) is 11.0. The van der Waals surface area contributed by atoms with Crippen LogP contribution in [0.4, 0.5) is 0 Å². The third-order valence-electron chi connectivity index (χ3n) is 3.98. The Balaban J connectivity index is 1.63. The fourth-order valence-electron chi connectivity index (χ4n) is 2.98. The van der Waals surface area contributed by atoms with Gasteiger partial charge in [0, 0.05) is 6.61 Å². The molecule has 0 aromatic rings. The SMILES string of the molecule is CCCCCCCO[C@H]1[C@H](C=O)[C@H]2CC[C@@H]1O2. The number of carbonyl (C=O) groups is 1. The van der Waals surface area contributed by atoms with Crippen LogP contribution in [0, 0.1) is 5.92 Å². The highest BCUT2D eigenvalue weighted by molar-refractivity contribution is 5.57. The van der Waals surface area contributed by atoms with E-state index in [0.717, 1.165) is 32.2 Å². The number of rotatable bonds is 8. The second kappa shape index (κ2) is 6.50. The van der Waals surface area contributed by atoms with Crippen LogP contribution in [0.25, 0.3) is 0 Å². The summed E-state index contributed by atoms with van der Waals surface area (Å²) < 4.78 is 11.6. The zero-order chi connectivity index (χ0) is 12.1. The van der Waals surface area contributed by atoms with E-state index < -0.39 is 0 Å². The second-order valence-electron chi connectivity index (χ2n) is 5.25. The second-order valence-corrected chi connectivity index (χ2v) is 5.25. The van der Waals surface area contributed by atoms with Gasteiger partial charge in [-0.25, -0.2) is 0 Å². The number of hydrogen-bond acceptors (Lipinski definition) is 3. The molecule has 2 aliphatic heterocycles. The zero-order valence-corrected chi connectivity index (χ0v) is 10.8. The van der Waals surface area contributed by atoms with E-state index in [4.69, 9.17) is 9.47 Å². The molecular weight excluding hydrogens is 216 g/mol. The maximum atomic E-state index is 11.0. The first-order valence-corrected chi connectivity index (χ1v) is 7.09. The van der Waals surface area contributed by atoms with Crippen LogP contribution < -0.4 is 0 Å². The van der Waals surface area contributed by atoms with Crippen molar-refractivity contribution >= 4 is 6.29 Å². The molecule has 0 spiro atoms. The van der Waals surface area contributed by atoms with Crippen LogP contribution in [-0.4, -0.2) is 31.2 Å². The van der Waals surface area contributed by atoms with E-state index in [0.29, 0.717) is 0 Å². The van der Waals surface area contributed by atoms with Crippen molar-refractivity contribution < 1.29 is 14.3 Å². The molecule has 0 amide bonds. The Kier molecular flexibility index (Phi) is 4.99. The van der Waals surface area contributed by atoms with E-state index in [1.165, 1.54) is 25.7 Å². The molecule has 3 heteroatoms. The van der Waals surface area contributed by atoms with Gasteiger partial charge in [-0.1, -0.05) is 32.6 Å². The van der Waals surface area contributed by atoms with Gasteiger partial charge >= 0.3 is 0 Å². The highest BCUT2D eigenvalue weighted by atomic mass is 16.6. The largest absolute Gasteiger partial charge is 0.375 e. The number of hydrogen-bond donors (Lipinski definition) is 0. The molecule has 4 atom stereocenters. The van der Waals surface area contributed by atoms with Gasteiger partial charge in [-0.05, 0) is 19.3 Å². The Bertz CT molecular complexity index is 242. The molecule has 2 aliphatic rings. The molecule has 2 rings (SSSR count). The van der Waals surface area contributed by atoms with E-state index >= 15 is 0 Å². The molecule has 98 valence electrons. The number of ether oxygens (including phenoxy) is 2. The van der Waals surface area contributed by atoms with Gasteiger partial charge in [-0.15, -0.1) is 0 Å². The fraction of sp³-hybridized carbons (Fsp3) is 0.929. The molecule has 0 unspecified atom stereocenters. The van der Waals surface area contributed by atoms with Gasteiger partial charge in [0.15, 0.2) is 0 Å². The van der Waals surface area contributed by atoms with Gasteiger partial charge < -0.3 is 14.3 Å². The first-order valence-electron chi connectivity index (χ1n) is 7.09. The summed E-state index contributed by atoms with van der Waals surface area (Å²) >= 11 is 0. The minimum absolute atomic E-state index is 0.00982. The fourth-order valence-corrected chi connectivity index (χ4v) is 2.98. The molecule has 0 aromatic heterocycles. The average molecular weight is 240 g/mol. The van der Waals surface area contributed by atoms with Crippen molar-refractivity contribution in [3.05, 3.63) is 0 Å². The Morgan fingerprint density at radius 2 is 1.94 bits per heavy atom. The molecule has 0 aliphatic carbocycles. The molecule has 2 saturated heterocycles. The maximum absolute atomic E-state index is 11.0. The van der Waals surface area contributed by atoms with Crippen LogP contribution in [-0.2, 0) is 14.3 Å². The summed E-state index contributed by atoms with van der Waals surface area (Å²) in [5, 5.41) is 0. The molecule has 0 N–H and O–H groups in total. The summed E-state index contributed by atoms with van der Waals surface area (Å²) in [6.07, 6.45) is 9.73. The predicted molar refractivity (Wildman–Crippen MR) is 65.9 cm³/mol. The molecule has 17 heavy (non-hydrogen) atoms. The lowest BCUT2D eigenvalue weighted by Gasteiger charge is -2.24. The van der Waals surface area contributed by atoms with E-state index in [1.54, 1.807) is 0 Å². The van der Waals surface area contributed by atoms with Gasteiger partial charge in [0.05, 0.1) is 24.2 Å². The highest BCUT2D eigenvalue weighted by Crippen LogP contribution is 2.39. The Morgan fingerprint density at radius 1 is 1.18 bits per heavy atom. The van der Waals surface area contributed by atoms with E-state index in [2.05, 4.69) is 6.92 Å². The quantitative estimate of drug-likeness (QED) is 0.483. The standard InChI is InChI=1S/C14H24O3/c1-2-3-4-5-6-9-16-14-11(10-15)12-7-8-13(14)17-12/h10-14H,2-9H2,1H3/t11-,12-,13+,14+/m1/s1. The van der Waals surface area contributed by atoms with Crippen molar-refractivity contribution in [3.8, 4) is 0 Å². The van der Waals surface area contributed by atoms with Crippen LogP contribution in [0.1, 0.15) is 51.9 Å². The van der Waals surface area contributed by atoms with Crippen molar-refractivity contribution in [3.63, 3.8) is 0 Å². The van der Waals surface area contributed by atoms with Crippen molar-refractivity contribution in [2.75, 3.05) is 6.61 Å². The van der Waals surface area contributed by atoms with Crippen LogP contribution in [0.2, 0.25) is 0 Å². The van der Waals surface area contributed by atoms with Crippen LogP contribution >= 0.6 is 0 Å². The summed E-state index contributed by atoms with van der Waals surface area (Å²) in [7, 11) is 0. The smallest absolute Gasteiger partial charge is 0.128 e. The minimum Gasteiger partial charge on any atom is -0.375 e. The lowest BCUT2D eigenvalue weighted by atomic mass is 9.87. The Labute approximate surface area is 104 Å². The van der Waals surface area contributed by atoms with Crippen molar-refractivity contribution in [2.24, 2.45) is 5.92 Å². The molecular formula is C14H24O3. The molecule has 2 heterocycles. The first-order chi connectivity index (χ1) is 8.36. The van der Waals surface area contributed by atoms with Crippen LogP contribution in [0.3, 0.4) is 0 Å². The van der Waals surface area contributed by atoms with Gasteiger partial charge in [-0.3, -0.25) is 0 Å². The van der Waals surface area contributed by atoms with Gasteiger partial charge in [-0.2, -0.15) is 0 Å². The average Bonchev–Trinajstić information content (AvgIpc) is 2.93. The number of fused-ring (bicyclic) bond motifs is 2. The van der Waals surface area contributed by atoms with Crippen molar-refractivity contribution in [1.82, 2.24) is 0 Å². The van der Waals surface area contributed by atoms with E-state index in [9.17, 15) is 4.79 Å². The van der Waals surface area contributed by atoms with Gasteiger partial charge in [0.25, 0.3) is 0 Å². The Hall–Kier alpha value is -0.410. The lowest BCUT2D eigenvalue weighted by Crippen LogP contribution is -2.35. The third kappa shape index (κ3) is 3.08. The number of unbranched alkanes of at least 4 members (excludes halogenated alkanes) is 4. The summed E-state index contributed by atoms with van der Waals surface area (Å²) in [6.45, 7) is 3.00. The minimum atomic E-state index is -0.00982. The zero-order valence-electron chi connectivity index (χ0n) is 10.8.